The number of phosphoric acid groups is 1. The summed E-state index contributed by atoms with van der Waals surface area (Å²) in [5, 5.41) is 390. The lowest BCUT2D eigenvalue weighted by Crippen LogP contribution is -2.72. The average Bonchev–Trinajstić information content (AvgIpc) is 0.742. The quantitative estimate of drug-likeness (QED) is 0.0253. The Balaban J connectivity index is 0.974. The molecule has 3 amide bonds. The molecule has 0 bridgehead atoms. The third-order valence-corrected chi connectivity index (χ3v) is 26.8. The highest BCUT2D eigenvalue weighted by Gasteiger charge is 2.67. The van der Waals surface area contributed by atoms with Crippen LogP contribution in [0, 0.1) is 0 Å². The number of amides is 3. The monoisotopic (exact) mass is 2160 g/mol. The lowest BCUT2D eigenvalue weighted by Gasteiger charge is -2.53. The molecule has 0 aromatic heterocycles. The predicted octanol–water partition coefficient (Wildman–Crippen LogP) is -25.0. The maximum absolute atomic E-state index is 14.3. The minimum Gasteiger partial charge on any atom is -0.477 e. The summed E-state index contributed by atoms with van der Waals surface area (Å²) in [6.45, 7) is -9.91. The fourth-order valence-electron chi connectivity index (χ4n) is 18.4. The zero-order valence-corrected chi connectivity index (χ0v) is 78.1. The van der Waals surface area contributed by atoms with Crippen molar-refractivity contribution in [2.24, 2.45) is 0 Å². The summed E-state index contributed by atoms with van der Waals surface area (Å²) in [5.74, 6) is -15.4. The van der Waals surface area contributed by atoms with Crippen LogP contribution >= 0.6 is 7.82 Å². The standard InChI is InChI=1S/C78H130N3O64P/c1-17-36(97)45(106)49(110)70(127-17)140-62-42(103)31(15-125-69-48(109)46(107)38(99)27(11-86)129-69)133-72(52(62)113)138-61-35(81-20(4)91)68(131-29(13-88)60(61)137-71-50(111)47(108)39(100)28(12-87)130-71)139-63-51(112)55(22(93)7-82)134-73(53(63)114)141-64-54(115)74(135-57(24(95)9-84)65(64)145-146(121,122)123)136-59-26(142-78(76(119)120)5-21(92)37(98)56(143-78)23(94)8-83)6-77(75(117)118,144-58(59)25(96)10-85)126-16-32-41(102)44(105)34(80-19(3)90)67(132-32)124-14-30-40(101)43(104)33(66(116)128-30)79-18(2)89/h17,21-74,82-88,92-116H,5-16H2,1-4H3,(H,79,89)(H,80,90)(H,81,91)(H,117,118)(H,119,120)(H2,121,122,123)/t17-,21+,22-,23+,24-,25+,26+,27+,28+,29+,30+,31+,32+,33+,34+,35+,36-,37+,38+,39+,40+,41+,42+,43+,44+,45+,46-,47-,48+,49+,50+,51+,52+,53-,54-,55+,56+,57+,58+,59+,60-,61+,62-,63-,64+,65+,66-,67+,68+,69-,70-,71+,72-,73+,74+,77+,78+/m0/s1. The Hall–Kier alpha value is -4.66. The normalized spacial score (nSPS) is 47.7. The van der Waals surface area contributed by atoms with Gasteiger partial charge >= 0.3 is 19.8 Å². The molecule has 11 fully saturated rings. The summed E-state index contributed by atoms with van der Waals surface area (Å²) in [7, 11) is -6.33. The molecule has 11 aliphatic rings. The van der Waals surface area contributed by atoms with E-state index < -0.39 is 465 Å². The van der Waals surface area contributed by atoms with Gasteiger partial charge in [-0.3, -0.25) is 18.9 Å². The molecule has 0 spiro atoms. The third-order valence-electron chi connectivity index (χ3n) is 26.3. The minimum absolute atomic E-state index is 0.747. The number of aliphatic hydroxyl groups excluding tert-OH is 32. The van der Waals surface area contributed by atoms with Gasteiger partial charge in [0, 0.05) is 33.6 Å². The van der Waals surface area contributed by atoms with Gasteiger partial charge in [-0.2, -0.15) is 0 Å². The molecule has 11 heterocycles. The molecule has 67 nitrogen and oxygen atoms in total. The molecule has 0 saturated carbocycles. The van der Waals surface area contributed by atoms with Crippen molar-refractivity contribution in [3.05, 3.63) is 0 Å². The summed E-state index contributed by atoms with van der Waals surface area (Å²) < 4.78 is 142. The van der Waals surface area contributed by atoms with Crippen LogP contribution in [0.25, 0.3) is 0 Å². The van der Waals surface area contributed by atoms with Gasteiger partial charge in [-0.25, -0.2) is 14.2 Å². The molecule has 146 heavy (non-hydrogen) atoms. The third kappa shape index (κ3) is 26.8. The van der Waals surface area contributed by atoms with E-state index >= 15 is 0 Å². The van der Waals surface area contributed by atoms with E-state index in [0.29, 0.717) is 0 Å². The number of carbonyl (C=O) groups is 5. The lowest BCUT2D eigenvalue weighted by molar-refractivity contribution is -0.410. The minimum atomic E-state index is -6.33. The SMILES string of the molecule is CC(=O)N[C@@H]1[C@@H](O)[C@H](O)[C@@H](CO[C@@H]2O[C@H](CO[C@]3(C(=O)O)C[C@@H](O[C@]4(C(=O)O)C[C@@H](O)[C@@H](O)[C@@H]([C@H](O)CO)O4)[C@@H](O[C@H]4O[C@H]([C@@H](O)CO)[C@@H](OP(=O)(O)O)[C@H](O[C@H]5O[C@H]([C@@H](O)CO)[C@@H](O)[C@H](O[C@H]6O[C@H](CO)[C@H](O[C@H]7O[C@H](CO)[C@@H](O)[C@H](O)[C@H]7O)[C@H](O[C@@H]7O[C@H](CO[C@H]8O[C@H](CO)[C@@H](O)[C@H](O)[C@H]8O)[C@@H](O)[C@H](O[C@@H]8O[C@@H](C)[C@H](O)[C@@H](O)[C@H]8O)[C@H]7O)[C@H]6NC(C)=O)[C@@H]5O)[C@@H]4O)[C@@H]([C@H](O)CO)O3)[C@@H](O)[C@H](O)[C@H]2NC(C)=O)O[C@@H]1O. The fourth-order valence-corrected chi connectivity index (χ4v) is 19.0. The van der Waals surface area contributed by atoms with E-state index in [0.717, 1.165) is 20.8 Å². The molecule has 39 N–H and O–H groups in total. The van der Waals surface area contributed by atoms with E-state index in [9.17, 15) is 212 Å². The summed E-state index contributed by atoms with van der Waals surface area (Å²) in [6.07, 6.45) is -129. The van der Waals surface area contributed by atoms with Crippen LogP contribution in [-0.2, 0) is 133 Å². The highest BCUT2D eigenvalue weighted by atomic mass is 31.2. The van der Waals surface area contributed by atoms with Crippen molar-refractivity contribution in [1.29, 1.82) is 0 Å². The Morgan fingerprint density at radius 1 is 0.336 bits per heavy atom. The van der Waals surface area contributed by atoms with Crippen molar-refractivity contribution in [2.75, 3.05) is 66.1 Å². The largest absolute Gasteiger partial charge is 0.477 e. The van der Waals surface area contributed by atoms with Gasteiger partial charge in [0.05, 0.1) is 84.4 Å². The van der Waals surface area contributed by atoms with Gasteiger partial charge in [0.1, 0.15) is 262 Å². The van der Waals surface area contributed by atoms with E-state index in [1.165, 1.54) is 6.92 Å². The van der Waals surface area contributed by atoms with Crippen LogP contribution in [0.1, 0.15) is 40.5 Å². The number of nitrogens with one attached hydrogen (secondary N) is 3. The zero-order valence-electron chi connectivity index (χ0n) is 77.2. The zero-order chi connectivity index (χ0) is 108. The van der Waals surface area contributed by atoms with Gasteiger partial charge in [0.2, 0.25) is 17.7 Å². The highest BCUT2D eigenvalue weighted by Crippen LogP contribution is 2.49. The summed E-state index contributed by atoms with van der Waals surface area (Å²) in [5.41, 5.74) is 0. The van der Waals surface area contributed by atoms with Crippen LogP contribution in [0.4, 0.5) is 0 Å². The van der Waals surface area contributed by atoms with Gasteiger partial charge in [-0.05, 0) is 6.92 Å². The molecular weight excluding hydrogens is 2030 g/mol. The molecule has 0 aromatic carbocycles. The topological polar surface area (TPSA) is 1070 Å². The van der Waals surface area contributed by atoms with Crippen molar-refractivity contribution >= 4 is 37.5 Å². The molecular formula is C78H130N3O64P. The van der Waals surface area contributed by atoms with Crippen molar-refractivity contribution < 1.29 is 316 Å². The molecule has 0 radical (unpaired) electrons. The first kappa shape index (κ1) is 122. The van der Waals surface area contributed by atoms with Crippen LogP contribution in [0.3, 0.4) is 0 Å². The number of carboxylic acid groups (broad SMARTS) is 2. The van der Waals surface area contributed by atoms with Crippen LogP contribution in [0.15, 0.2) is 0 Å². The first-order chi connectivity index (χ1) is 68.5. The number of aliphatic carboxylic acids is 2. The van der Waals surface area contributed by atoms with Crippen LogP contribution in [-0.4, -0.2) is 628 Å². The molecule has 11 aliphatic heterocycles. The Morgan fingerprint density at radius 2 is 0.719 bits per heavy atom. The van der Waals surface area contributed by atoms with Crippen LogP contribution in [0.2, 0.25) is 0 Å². The van der Waals surface area contributed by atoms with E-state index in [1.54, 1.807) is 0 Å². The average molecular weight is 2160 g/mol. The summed E-state index contributed by atoms with van der Waals surface area (Å²) >= 11 is 0. The second-order valence-corrected chi connectivity index (χ2v) is 37.7. The van der Waals surface area contributed by atoms with E-state index in [-0.39, 0.29) is 0 Å². The van der Waals surface area contributed by atoms with Gasteiger partial charge in [-0.1, -0.05) is 0 Å². The Bertz CT molecular complexity index is 4190. The van der Waals surface area contributed by atoms with E-state index in [1.807, 2.05) is 0 Å². The Labute approximate surface area is 822 Å². The number of ether oxygens (including phenoxy) is 21. The van der Waals surface area contributed by atoms with E-state index in [2.05, 4.69) is 16.0 Å². The molecule has 0 unspecified atom stereocenters. The Morgan fingerprint density at radius 3 is 1.26 bits per heavy atom. The first-order valence-corrected chi connectivity index (χ1v) is 47.1. The van der Waals surface area contributed by atoms with Gasteiger partial charge < -0.3 is 299 Å². The maximum atomic E-state index is 14.3. The maximum Gasteiger partial charge on any atom is 0.470 e. The summed E-state index contributed by atoms with van der Waals surface area (Å²) in [6, 6.07) is -5.98. The van der Waals surface area contributed by atoms with Crippen molar-refractivity contribution in [1.82, 2.24) is 16.0 Å². The second kappa shape index (κ2) is 51.4. The van der Waals surface area contributed by atoms with Gasteiger partial charge in [0.15, 0.2) is 56.6 Å². The van der Waals surface area contributed by atoms with Crippen molar-refractivity contribution in [3.8, 4) is 0 Å². The first-order valence-electron chi connectivity index (χ1n) is 45.5. The number of rotatable bonds is 41. The predicted molar refractivity (Wildman–Crippen MR) is 441 cm³/mol. The molecule has 0 aromatic rings. The molecule has 57 atom stereocenters. The number of aliphatic hydroxyl groups is 32. The highest BCUT2D eigenvalue weighted by molar-refractivity contribution is 7.46. The van der Waals surface area contributed by atoms with Crippen LogP contribution in [0.5, 0.6) is 0 Å². The molecule has 0 aliphatic carbocycles. The van der Waals surface area contributed by atoms with Crippen molar-refractivity contribution in [3.63, 3.8) is 0 Å². The number of phosphoric ester groups is 1. The van der Waals surface area contributed by atoms with Crippen molar-refractivity contribution in [2.45, 2.75) is 389 Å². The Kier molecular flexibility index (Phi) is 42.8. The number of carbonyl (C=O) groups excluding carboxylic acids is 3. The molecule has 11 saturated heterocycles. The smallest absolute Gasteiger partial charge is 0.470 e. The number of hydrogen-bond donors (Lipinski definition) is 39. The number of hydrogen-bond acceptors (Lipinski definition) is 60. The van der Waals surface area contributed by atoms with E-state index in [4.69, 9.17) is 104 Å². The van der Waals surface area contributed by atoms with Gasteiger partial charge in [-0.15, -0.1) is 0 Å². The lowest BCUT2D eigenvalue weighted by atomic mass is 9.89. The molecule has 11 rings (SSSR count). The van der Waals surface area contributed by atoms with Crippen LogP contribution < -0.4 is 16.0 Å². The fraction of sp³-hybridized carbons (Fsp3) is 0.936. The summed E-state index contributed by atoms with van der Waals surface area (Å²) in [4.78, 5) is 88.0. The van der Waals surface area contributed by atoms with Gasteiger partial charge in [0.25, 0.3) is 11.6 Å². The molecule has 68 heteroatoms. The number of carboxylic acids is 2. The second-order valence-electron chi connectivity index (χ2n) is 36.5. The molecule has 846 valence electrons.